The molecular weight excluding hydrogens is 317 g/mol. The summed E-state index contributed by atoms with van der Waals surface area (Å²) in [6, 6.07) is 16.6. The zero-order valence-corrected chi connectivity index (χ0v) is 13.6. The second kappa shape index (κ2) is 6.32. The topological polar surface area (TPSA) is 55.6 Å². The van der Waals surface area contributed by atoms with Crippen molar-refractivity contribution in [3.8, 4) is 5.69 Å². The van der Waals surface area contributed by atoms with Crippen LogP contribution in [-0.2, 0) is 6.54 Å². The summed E-state index contributed by atoms with van der Waals surface area (Å²) in [4.78, 5) is 8.66. The van der Waals surface area contributed by atoms with E-state index in [4.69, 9.17) is 0 Å². The van der Waals surface area contributed by atoms with Gasteiger partial charge in [0, 0.05) is 6.54 Å². The molecule has 0 saturated heterocycles. The minimum absolute atomic E-state index is 0.343. The number of hydrogen-bond donors (Lipinski definition) is 1. The average molecular weight is 333 g/mol. The van der Waals surface area contributed by atoms with Gasteiger partial charge in [-0.05, 0) is 24.6 Å². The minimum atomic E-state index is -0.343. The molecule has 2 aromatic heterocycles. The van der Waals surface area contributed by atoms with Crippen LogP contribution >= 0.6 is 0 Å². The molecule has 0 spiro atoms. The fourth-order valence-corrected chi connectivity index (χ4v) is 2.82. The van der Waals surface area contributed by atoms with E-state index in [0.717, 1.165) is 16.6 Å². The number of para-hydroxylation sites is 1. The molecule has 0 aliphatic carbocycles. The van der Waals surface area contributed by atoms with Crippen molar-refractivity contribution in [3.63, 3.8) is 0 Å². The van der Waals surface area contributed by atoms with E-state index < -0.39 is 0 Å². The van der Waals surface area contributed by atoms with Crippen LogP contribution in [0.15, 0.2) is 60.9 Å². The first-order chi connectivity index (χ1) is 12.2. The van der Waals surface area contributed by atoms with Crippen LogP contribution in [0.4, 0.5) is 10.2 Å². The van der Waals surface area contributed by atoms with Gasteiger partial charge in [-0.15, -0.1) is 0 Å². The minimum Gasteiger partial charge on any atom is -0.365 e. The molecule has 4 aromatic rings. The van der Waals surface area contributed by atoms with Crippen molar-refractivity contribution in [2.45, 2.75) is 13.5 Å². The van der Waals surface area contributed by atoms with Gasteiger partial charge in [0.2, 0.25) is 0 Å². The third kappa shape index (κ3) is 2.82. The molecule has 2 aromatic carbocycles. The van der Waals surface area contributed by atoms with E-state index in [2.05, 4.69) is 20.4 Å². The predicted octanol–water partition coefficient (Wildman–Crippen LogP) is 3.88. The van der Waals surface area contributed by atoms with E-state index in [1.807, 2.05) is 37.3 Å². The van der Waals surface area contributed by atoms with Crippen LogP contribution in [0.3, 0.4) is 0 Å². The Kier molecular flexibility index (Phi) is 3.85. The number of rotatable bonds is 4. The Morgan fingerprint density at radius 3 is 2.56 bits per heavy atom. The van der Waals surface area contributed by atoms with Crippen LogP contribution in [0.5, 0.6) is 0 Å². The first kappa shape index (κ1) is 15.3. The highest BCUT2D eigenvalue weighted by atomic mass is 19.1. The molecule has 0 fully saturated rings. The molecule has 0 radical (unpaired) electrons. The molecule has 1 N–H and O–H groups in total. The molecule has 0 unspecified atom stereocenters. The third-order valence-corrected chi connectivity index (χ3v) is 4.02. The summed E-state index contributed by atoms with van der Waals surface area (Å²) in [7, 11) is 0. The summed E-state index contributed by atoms with van der Waals surface area (Å²) in [5.74, 6) is 0.346. The molecule has 4 rings (SSSR count). The van der Waals surface area contributed by atoms with Gasteiger partial charge in [0.05, 0.1) is 11.1 Å². The Hall–Kier alpha value is -3.28. The highest BCUT2D eigenvalue weighted by molar-refractivity contribution is 5.90. The first-order valence-corrected chi connectivity index (χ1v) is 7.97. The number of aryl methyl sites for hydroxylation is 1. The van der Waals surface area contributed by atoms with Crippen LogP contribution in [0.2, 0.25) is 0 Å². The monoisotopic (exact) mass is 333 g/mol. The summed E-state index contributed by atoms with van der Waals surface area (Å²) in [6.45, 7) is 2.51. The lowest BCUT2D eigenvalue weighted by Gasteiger charge is -2.07. The van der Waals surface area contributed by atoms with Crippen LogP contribution in [0.25, 0.3) is 16.7 Å². The van der Waals surface area contributed by atoms with Gasteiger partial charge in [0.1, 0.15) is 23.6 Å². The van der Waals surface area contributed by atoms with Gasteiger partial charge >= 0.3 is 0 Å². The van der Waals surface area contributed by atoms with Crippen molar-refractivity contribution in [1.82, 2.24) is 19.7 Å². The van der Waals surface area contributed by atoms with Crippen molar-refractivity contribution in [2.24, 2.45) is 0 Å². The second-order valence-corrected chi connectivity index (χ2v) is 5.71. The molecule has 0 atom stereocenters. The Morgan fingerprint density at radius 1 is 1.00 bits per heavy atom. The quantitative estimate of drug-likeness (QED) is 0.616. The molecule has 6 heteroatoms. The number of fused-ring (bicyclic) bond motifs is 1. The SMILES string of the molecule is Cc1nn(-c2ccccc2F)c2ncnc(NCc3ccccc3)c12. The largest absolute Gasteiger partial charge is 0.365 e. The zero-order valence-electron chi connectivity index (χ0n) is 13.6. The molecule has 5 nitrogen and oxygen atoms in total. The smallest absolute Gasteiger partial charge is 0.168 e. The Balaban J connectivity index is 1.76. The Morgan fingerprint density at radius 2 is 1.76 bits per heavy atom. The molecule has 0 aliphatic rings. The van der Waals surface area contributed by atoms with Gasteiger partial charge in [0.15, 0.2) is 5.65 Å². The normalized spacial score (nSPS) is 11.0. The summed E-state index contributed by atoms with van der Waals surface area (Å²) < 4.78 is 15.7. The first-order valence-electron chi connectivity index (χ1n) is 7.97. The van der Waals surface area contributed by atoms with Crippen LogP contribution in [0.1, 0.15) is 11.3 Å². The second-order valence-electron chi connectivity index (χ2n) is 5.71. The van der Waals surface area contributed by atoms with E-state index in [-0.39, 0.29) is 5.82 Å². The maximum Gasteiger partial charge on any atom is 0.168 e. The van der Waals surface area contributed by atoms with Crippen LogP contribution in [0, 0.1) is 12.7 Å². The van der Waals surface area contributed by atoms with Gasteiger partial charge in [-0.1, -0.05) is 42.5 Å². The maximum atomic E-state index is 14.2. The lowest BCUT2D eigenvalue weighted by atomic mass is 10.2. The molecular formula is C19H16FN5. The molecule has 25 heavy (non-hydrogen) atoms. The number of nitrogens with one attached hydrogen (secondary N) is 1. The maximum absolute atomic E-state index is 14.2. The third-order valence-electron chi connectivity index (χ3n) is 4.02. The Bertz CT molecular complexity index is 1030. The number of benzene rings is 2. The van der Waals surface area contributed by atoms with Gasteiger partial charge < -0.3 is 5.32 Å². The summed E-state index contributed by atoms with van der Waals surface area (Å²) in [5, 5.41) is 8.59. The van der Waals surface area contributed by atoms with Crippen molar-refractivity contribution in [1.29, 1.82) is 0 Å². The molecule has 0 aliphatic heterocycles. The lowest BCUT2D eigenvalue weighted by molar-refractivity contribution is 0.612. The van der Waals surface area contributed by atoms with Gasteiger partial charge in [0.25, 0.3) is 0 Å². The number of anilines is 1. The van der Waals surface area contributed by atoms with E-state index in [1.54, 1.807) is 18.2 Å². The zero-order chi connectivity index (χ0) is 17.2. The van der Waals surface area contributed by atoms with Crippen LogP contribution < -0.4 is 5.32 Å². The van der Waals surface area contributed by atoms with Crippen molar-refractivity contribution < 1.29 is 4.39 Å². The lowest BCUT2D eigenvalue weighted by Crippen LogP contribution is -2.04. The molecule has 0 amide bonds. The standard InChI is InChI=1S/C19H16FN5/c1-13-17-18(21-11-14-7-3-2-4-8-14)22-12-23-19(17)25(24-13)16-10-6-5-9-15(16)20/h2-10,12H,11H2,1H3,(H,21,22,23). The van der Waals surface area contributed by atoms with Crippen molar-refractivity contribution in [2.75, 3.05) is 5.32 Å². The van der Waals surface area contributed by atoms with Crippen molar-refractivity contribution >= 4 is 16.9 Å². The van der Waals surface area contributed by atoms with Gasteiger partial charge in [-0.25, -0.2) is 19.0 Å². The summed E-state index contributed by atoms with van der Waals surface area (Å²) in [5.41, 5.74) is 2.84. The van der Waals surface area contributed by atoms with E-state index in [9.17, 15) is 4.39 Å². The number of hydrogen-bond acceptors (Lipinski definition) is 4. The highest BCUT2D eigenvalue weighted by Crippen LogP contribution is 2.26. The van der Waals surface area contributed by atoms with Crippen LogP contribution in [-0.4, -0.2) is 19.7 Å². The number of aromatic nitrogens is 4. The van der Waals surface area contributed by atoms with Gasteiger partial charge in [-0.3, -0.25) is 0 Å². The highest BCUT2D eigenvalue weighted by Gasteiger charge is 2.16. The average Bonchev–Trinajstić information content (AvgIpc) is 2.99. The molecule has 124 valence electrons. The Labute approximate surface area is 144 Å². The summed E-state index contributed by atoms with van der Waals surface area (Å²) >= 11 is 0. The number of halogens is 1. The van der Waals surface area contributed by atoms with E-state index >= 15 is 0 Å². The summed E-state index contributed by atoms with van der Waals surface area (Å²) in [6.07, 6.45) is 1.47. The molecule has 2 heterocycles. The molecule has 0 saturated carbocycles. The fraction of sp³-hybridized carbons (Fsp3) is 0.105. The van der Waals surface area contributed by atoms with E-state index in [0.29, 0.717) is 23.7 Å². The molecule has 0 bridgehead atoms. The fourth-order valence-electron chi connectivity index (χ4n) is 2.82. The van der Waals surface area contributed by atoms with E-state index in [1.165, 1.54) is 17.1 Å². The predicted molar refractivity (Wildman–Crippen MR) is 95.1 cm³/mol. The van der Waals surface area contributed by atoms with Gasteiger partial charge in [-0.2, -0.15) is 5.10 Å². The van der Waals surface area contributed by atoms with Crippen molar-refractivity contribution in [3.05, 3.63) is 78.0 Å². The number of nitrogens with zero attached hydrogens (tertiary/aromatic N) is 4.